The van der Waals surface area contributed by atoms with Crippen molar-refractivity contribution in [3.05, 3.63) is 46.3 Å². The third kappa shape index (κ3) is 5.11. The van der Waals surface area contributed by atoms with E-state index in [2.05, 4.69) is 10.5 Å². The van der Waals surface area contributed by atoms with Gasteiger partial charge in [0.1, 0.15) is 5.76 Å². The number of aromatic nitrogens is 1. The largest absolute Gasteiger partial charge is 0.361 e. The van der Waals surface area contributed by atoms with Crippen LogP contribution in [0.4, 0.5) is 5.69 Å². The summed E-state index contributed by atoms with van der Waals surface area (Å²) in [4.78, 5) is 25.9. The normalized spacial score (nSPS) is 10.7. The second kappa shape index (κ2) is 8.89. The number of benzene rings is 1. The molecule has 140 valence electrons. The fourth-order valence-electron chi connectivity index (χ4n) is 2.44. The highest BCUT2D eigenvalue weighted by Crippen LogP contribution is 2.20. The number of carbonyl (C=O) groups excluding carboxylic acids is 2. The molecule has 2 amide bonds. The standard InChI is InChI=1S/C19H25N3O3S/c1-12-7-6-8-17(13(12)2)20-18(23)9-22(5)19(24)11-26-10-16-14(3)21-25-15(16)4/h6-8H,9-11H2,1-5H3,(H,20,23). The highest BCUT2D eigenvalue weighted by molar-refractivity contribution is 7.99. The SMILES string of the molecule is Cc1cccc(NC(=O)CN(C)C(=O)CSCc2c(C)noc2C)c1C. The van der Waals surface area contributed by atoms with Crippen LogP contribution in [0.15, 0.2) is 22.7 Å². The van der Waals surface area contributed by atoms with Gasteiger partial charge in [0.15, 0.2) is 0 Å². The van der Waals surface area contributed by atoms with Crippen molar-refractivity contribution in [3.63, 3.8) is 0 Å². The van der Waals surface area contributed by atoms with Crippen LogP contribution in [0.2, 0.25) is 0 Å². The van der Waals surface area contributed by atoms with Gasteiger partial charge in [-0.15, -0.1) is 11.8 Å². The van der Waals surface area contributed by atoms with E-state index >= 15 is 0 Å². The maximum atomic E-state index is 12.2. The predicted octanol–water partition coefficient (Wildman–Crippen LogP) is 3.24. The number of likely N-dealkylation sites (N-methyl/N-ethyl adjacent to an activating group) is 1. The summed E-state index contributed by atoms with van der Waals surface area (Å²) in [6.07, 6.45) is 0. The maximum absolute atomic E-state index is 12.2. The number of anilines is 1. The first kappa shape index (κ1) is 20.0. The van der Waals surface area contributed by atoms with Crippen LogP contribution in [0.5, 0.6) is 0 Å². The van der Waals surface area contributed by atoms with Gasteiger partial charge in [0.05, 0.1) is 18.0 Å². The minimum atomic E-state index is -0.203. The number of hydrogen-bond donors (Lipinski definition) is 1. The van der Waals surface area contributed by atoms with Crippen LogP contribution >= 0.6 is 11.8 Å². The summed E-state index contributed by atoms with van der Waals surface area (Å²) in [6.45, 7) is 7.74. The van der Waals surface area contributed by atoms with E-state index in [9.17, 15) is 9.59 Å². The molecule has 26 heavy (non-hydrogen) atoms. The molecular weight excluding hydrogens is 350 g/mol. The van der Waals surface area contributed by atoms with Gasteiger partial charge in [-0.25, -0.2) is 0 Å². The molecule has 6 nitrogen and oxygen atoms in total. The predicted molar refractivity (Wildman–Crippen MR) is 104 cm³/mol. The molecule has 0 aliphatic carbocycles. The highest BCUT2D eigenvalue weighted by Gasteiger charge is 2.15. The molecule has 0 saturated carbocycles. The molecule has 0 aliphatic heterocycles. The summed E-state index contributed by atoms with van der Waals surface area (Å²) < 4.78 is 5.12. The Bertz CT molecular complexity index is 782. The van der Waals surface area contributed by atoms with Crippen LogP contribution in [-0.2, 0) is 15.3 Å². The molecule has 1 N–H and O–H groups in total. The van der Waals surface area contributed by atoms with Gasteiger partial charge in [-0.05, 0) is 44.9 Å². The van der Waals surface area contributed by atoms with Gasteiger partial charge in [-0.1, -0.05) is 17.3 Å². The fourth-order valence-corrected chi connectivity index (χ4v) is 3.55. The molecule has 1 heterocycles. The van der Waals surface area contributed by atoms with Crippen molar-refractivity contribution >= 4 is 29.3 Å². The van der Waals surface area contributed by atoms with E-state index in [1.54, 1.807) is 7.05 Å². The highest BCUT2D eigenvalue weighted by atomic mass is 32.2. The lowest BCUT2D eigenvalue weighted by Crippen LogP contribution is -2.36. The van der Waals surface area contributed by atoms with Gasteiger partial charge in [-0.2, -0.15) is 0 Å². The summed E-state index contributed by atoms with van der Waals surface area (Å²) in [5.41, 5.74) is 4.80. The molecular formula is C19H25N3O3S. The van der Waals surface area contributed by atoms with Crippen LogP contribution in [0, 0.1) is 27.7 Å². The third-order valence-corrected chi connectivity index (χ3v) is 5.28. The molecule has 0 spiro atoms. The summed E-state index contributed by atoms with van der Waals surface area (Å²) in [5, 5.41) is 6.77. The van der Waals surface area contributed by atoms with Gasteiger partial charge in [0.25, 0.3) is 0 Å². The molecule has 0 aliphatic rings. The molecule has 0 atom stereocenters. The van der Waals surface area contributed by atoms with Crippen LogP contribution in [0.25, 0.3) is 0 Å². The van der Waals surface area contributed by atoms with E-state index in [1.807, 2.05) is 45.9 Å². The van der Waals surface area contributed by atoms with Crippen LogP contribution in [0.1, 0.15) is 28.1 Å². The lowest BCUT2D eigenvalue weighted by Gasteiger charge is -2.17. The Kier molecular flexibility index (Phi) is 6.85. The molecule has 0 fully saturated rings. The van der Waals surface area contributed by atoms with Crippen LogP contribution in [0.3, 0.4) is 0 Å². The monoisotopic (exact) mass is 375 g/mol. The van der Waals surface area contributed by atoms with Gasteiger partial charge < -0.3 is 14.7 Å². The number of rotatable bonds is 7. The number of hydrogen-bond acceptors (Lipinski definition) is 5. The van der Waals surface area contributed by atoms with Gasteiger partial charge in [0.2, 0.25) is 11.8 Å². The number of nitrogens with zero attached hydrogens (tertiary/aromatic N) is 2. The van der Waals surface area contributed by atoms with E-state index in [4.69, 9.17) is 4.52 Å². The van der Waals surface area contributed by atoms with E-state index < -0.39 is 0 Å². The van der Waals surface area contributed by atoms with E-state index in [-0.39, 0.29) is 18.4 Å². The van der Waals surface area contributed by atoms with E-state index in [0.717, 1.165) is 33.8 Å². The average molecular weight is 375 g/mol. The van der Waals surface area contributed by atoms with Gasteiger partial charge in [0, 0.05) is 24.1 Å². The van der Waals surface area contributed by atoms with Crippen molar-refractivity contribution < 1.29 is 14.1 Å². The summed E-state index contributed by atoms with van der Waals surface area (Å²) in [5.74, 6) is 1.46. The third-order valence-electron chi connectivity index (χ3n) is 4.34. The molecule has 7 heteroatoms. The summed E-state index contributed by atoms with van der Waals surface area (Å²) in [7, 11) is 1.64. The zero-order chi connectivity index (χ0) is 19.3. The lowest BCUT2D eigenvalue weighted by atomic mass is 10.1. The molecule has 2 aromatic rings. The second-order valence-electron chi connectivity index (χ2n) is 6.34. The number of thioether (sulfide) groups is 1. The Balaban J connectivity index is 1.81. The summed E-state index contributed by atoms with van der Waals surface area (Å²) in [6, 6.07) is 5.76. The minimum absolute atomic E-state index is 0.0259. The molecule has 1 aromatic heterocycles. The number of aryl methyl sites for hydroxylation is 3. The Morgan fingerprint density at radius 2 is 1.96 bits per heavy atom. The fraction of sp³-hybridized carbons (Fsp3) is 0.421. The first-order valence-corrected chi connectivity index (χ1v) is 9.54. The van der Waals surface area contributed by atoms with Crippen molar-refractivity contribution in [2.45, 2.75) is 33.4 Å². The van der Waals surface area contributed by atoms with Crippen molar-refractivity contribution in [1.82, 2.24) is 10.1 Å². The zero-order valence-electron chi connectivity index (χ0n) is 15.9. The van der Waals surface area contributed by atoms with E-state index in [1.165, 1.54) is 16.7 Å². The van der Waals surface area contributed by atoms with Crippen molar-refractivity contribution in [1.29, 1.82) is 0 Å². The van der Waals surface area contributed by atoms with E-state index in [0.29, 0.717) is 11.5 Å². The topological polar surface area (TPSA) is 75.4 Å². The molecule has 0 unspecified atom stereocenters. The number of amides is 2. The van der Waals surface area contributed by atoms with Crippen LogP contribution in [-0.4, -0.2) is 41.2 Å². The molecule has 0 radical (unpaired) electrons. The van der Waals surface area contributed by atoms with Crippen molar-refractivity contribution in [2.24, 2.45) is 0 Å². The second-order valence-corrected chi connectivity index (χ2v) is 7.33. The lowest BCUT2D eigenvalue weighted by molar-refractivity contribution is -0.131. The first-order chi connectivity index (χ1) is 12.3. The minimum Gasteiger partial charge on any atom is -0.361 e. The number of carbonyl (C=O) groups is 2. The smallest absolute Gasteiger partial charge is 0.243 e. The summed E-state index contributed by atoms with van der Waals surface area (Å²) >= 11 is 1.49. The average Bonchev–Trinajstić information content (AvgIpc) is 2.90. The van der Waals surface area contributed by atoms with Gasteiger partial charge >= 0.3 is 0 Å². The maximum Gasteiger partial charge on any atom is 0.243 e. The Morgan fingerprint density at radius 1 is 1.23 bits per heavy atom. The number of nitrogens with one attached hydrogen (secondary N) is 1. The van der Waals surface area contributed by atoms with Crippen LogP contribution < -0.4 is 5.32 Å². The Morgan fingerprint density at radius 3 is 2.62 bits per heavy atom. The molecule has 0 saturated heterocycles. The first-order valence-electron chi connectivity index (χ1n) is 8.39. The molecule has 1 aromatic carbocycles. The molecule has 0 bridgehead atoms. The van der Waals surface area contributed by atoms with Crippen molar-refractivity contribution in [3.8, 4) is 0 Å². The van der Waals surface area contributed by atoms with Gasteiger partial charge in [-0.3, -0.25) is 9.59 Å². The Hall–Kier alpha value is -2.28. The zero-order valence-corrected chi connectivity index (χ0v) is 16.7. The van der Waals surface area contributed by atoms with Crippen molar-refractivity contribution in [2.75, 3.05) is 24.7 Å². The molecule has 2 rings (SSSR count). The quantitative estimate of drug-likeness (QED) is 0.804. The Labute approximate surface area is 158 Å².